The van der Waals surface area contributed by atoms with Gasteiger partial charge in [0.25, 0.3) is 11.8 Å². The lowest BCUT2D eigenvalue weighted by Crippen LogP contribution is -2.15. The minimum atomic E-state index is -0.242. The van der Waals surface area contributed by atoms with E-state index in [1.165, 1.54) is 0 Å². The van der Waals surface area contributed by atoms with Gasteiger partial charge in [0.2, 0.25) is 0 Å². The fraction of sp³-hybridized carbons (Fsp3) is 0.0435. The topological polar surface area (TPSA) is 93.2 Å². The van der Waals surface area contributed by atoms with Crippen LogP contribution in [0.5, 0.6) is 11.5 Å². The Morgan fingerprint density at radius 1 is 0.491 bits per heavy atom. The number of aromatic nitrogens is 2. The van der Waals surface area contributed by atoms with Crippen molar-refractivity contribution in [2.75, 3.05) is 10.6 Å². The normalized spacial score (nSPS) is 11.1. The second-order valence-corrected chi connectivity index (χ2v) is 13.9. The van der Waals surface area contributed by atoms with Gasteiger partial charge in [-0.1, -0.05) is 83.9 Å². The Kier molecular flexibility index (Phi) is 9.72. The Bertz CT molecular complexity index is 2540. The van der Waals surface area contributed by atoms with Gasteiger partial charge in [0.15, 0.2) is 0 Å². The van der Waals surface area contributed by atoms with Crippen LogP contribution in [0.1, 0.15) is 31.8 Å². The average Bonchev–Trinajstić information content (AvgIpc) is 3.19. The third kappa shape index (κ3) is 7.36. The predicted octanol–water partition coefficient (Wildman–Crippen LogP) is 12.3. The molecule has 0 aliphatic carbocycles. The van der Waals surface area contributed by atoms with Crippen LogP contribution in [-0.4, -0.2) is 21.8 Å². The number of hydrogen-bond donors (Lipinski definition) is 2. The van der Waals surface area contributed by atoms with Gasteiger partial charge < -0.3 is 15.4 Å². The number of rotatable bonds is 8. The molecule has 0 saturated carbocycles. The molecule has 2 heterocycles. The van der Waals surface area contributed by atoms with E-state index in [-0.39, 0.29) is 11.8 Å². The molecule has 0 saturated heterocycles. The second-order valence-electron chi connectivity index (χ2n) is 13.0. The van der Waals surface area contributed by atoms with Gasteiger partial charge in [-0.3, -0.25) is 9.59 Å². The Labute approximate surface area is 327 Å². The van der Waals surface area contributed by atoms with E-state index in [0.717, 1.165) is 55.4 Å². The number of pyridine rings is 2. The van der Waals surface area contributed by atoms with Crippen LogP contribution < -0.4 is 15.4 Å². The summed E-state index contributed by atoms with van der Waals surface area (Å²) in [4.78, 5) is 37.4. The maximum atomic E-state index is 13.8. The largest absolute Gasteiger partial charge is 0.457 e. The van der Waals surface area contributed by atoms with Crippen molar-refractivity contribution in [3.63, 3.8) is 0 Å². The van der Waals surface area contributed by atoms with E-state index in [0.29, 0.717) is 44.0 Å². The average molecular weight is 760 g/mol. The molecule has 0 fully saturated rings. The van der Waals surface area contributed by atoms with Gasteiger partial charge in [-0.2, -0.15) is 0 Å². The molecule has 8 rings (SSSR count). The summed E-state index contributed by atoms with van der Waals surface area (Å²) in [6, 6.07) is 44.4. The van der Waals surface area contributed by atoms with Crippen molar-refractivity contribution in [3.8, 4) is 34.0 Å². The molecular formula is C46H32Cl2N4O3. The van der Waals surface area contributed by atoms with E-state index >= 15 is 0 Å². The van der Waals surface area contributed by atoms with E-state index in [4.69, 9.17) is 37.9 Å². The molecule has 2 amide bonds. The monoisotopic (exact) mass is 758 g/mol. The van der Waals surface area contributed by atoms with Crippen molar-refractivity contribution in [3.05, 3.63) is 178 Å². The number of halogens is 2. The zero-order chi connectivity index (χ0) is 38.1. The zero-order valence-corrected chi connectivity index (χ0v) is 31.2. The molecule has 2 N–H and O–H groups in total. The van der Waals surface area contributed by atoms with Crippen molar-refractivity contribution >= 4 is 68.2 Å². The van der Waals surface area contributed by atoms with Crippen molar-refractivity contribution in [1.29, 1.82) is 0 Å². The third-order valence-electron chi connectivity index (χ3n) is 9.42. The number of fused-ring (bicyclic) bond motifs is 2. The highest BCUT2D eigenvalue weighted by Crippen LogP contribution is 2.33. The summed E-state index contributed by atoms with van der Waals surface area (Å²) in [7, 11) is 0. The highest BCUT2D eigenvalue weighted by Gasteiger charge is 2.21. The van der Waals surface area contributed by atoms with E-state index in [1.54, 1.807) is 48.5 Å². The molecule has 0 radical (unpaired) electrons. The number of para-hydroxylation sites is 2. The number of hydrogen-bond acceptors (Lipinski definition) is 5. The minimum absolute atomic E-state index is 0.242. The molecule has 8 aromatic rings. The van der Waals surface area contributed by atoms with Crippen LogP contribution in [0.15, 0.2) is 146 Å². The first-order chi connectivity index (χ1) is 26.7. The fourth-order valence-electron chi connectivity index (χ4n) is 6.71. The van der Waals surface area contributed by atoms with Crippen molar-refractivity contribution in [1.82, 2.24) is 9.97 Å². The van der Waals surface area contributed by atoms with Crippen LogP contribution >= 0.6 is 23.2 Å². The molecule has 7 nitrogen and oxygen atoms in total. The molecule has 0 aliphatic heterocycles. The van der Waals surface area contributed by atoms with Crippen LogP contribution in [0.2, 0.25) is 10.0 Å². The SMILES string of the molecule is Cc1c(-c2ccc(Cl)cc2)nc2ccccc2c1C(=O)Nc1ccc(Oc2ccc(NC(=O)c3c(C)c(-c4ccc(Cl)cc4)nc4ccccc34)cc2)cc1. The quantitative estimate of drug-likeness (QED) is 0.161. The van der Waals surface area contributed by atoms with E-state index in [2.05, 4.69) is 10.6 Å². The number of carbonyl (C=O) groups excluding carboxylic acids is 2. The number of ether oxygens (including phenoxy) is 1. The first kappa shape index (κ1) is 35.5. The van der Waals surface area contributed by atoms with E-state index in [9.17, 15) is 9.59 Å². The highest BCUT2D eigenvalue weighted by molar-refractivity contribution is 6.31. The van der Waals surface area contributed by atoms with Crippen LogP contribution in [-0.2, 0) is 0 Å². The Morgan fingerprint density at radius 2 is 0.855 bits per heavy atom. The number of benzene rings is 6. The van der Waals surface area contributed by atoms with Crippen molar-refractivity contribution < 1.29 is 14.3 Å². The van der Waals surface area contributed by atoms with Crippen LogP contribution in [0.3, 0.4) is 0 Å². The molecule has 0 unspecified atom stereocenters. The van der Waals surface area contributed by atoms with Gasteiger partial charge in [-0.25, -0.2) is 9.97 Å². The summed E-state index contributed by atoms with van der Waals surface area (Å²) in [5.41, 5.74) is 8.51. The number of amides is 2. The molecule has 9 heteroatoms. The summed E-state index contributed by atoms with van der Waals surface area (Å²) in [5, 5.41) is 8.88. The number of carbonyl (C=O) groups is 2. The maximum absolute atomic E-state index is 13.8. The number of nitrogens with zero attached hydrogens (tertiary/aromatic N) is 2. The lowest BCUT2D eigenvalue weighted by atomic mass is 9.97. The van der Waals surface area contributed by atoms with E-state index < -0.39 is 0 Å². The molecule has 0 aliphatic rings. The van der Waals surface area contributed by atoms with Gasteiger partial charge in [0.05, 0.1) is 33.5 Å². The molecule has 0 bridgehead atoms. The Hall–Kier alpha value is -6.54. The van der Waals surface area contributed by atoms with Crippen LogP contribution in [0, 0.1) is 13.8 Å². The molecule has 0 atom stereocenters. The molecule has 268 valence electrons. The maximum Gasteiger partial charge on any atom is 0.256 e. The smallest absolute Gasteiger partial charge is 0.256 e. The van der Waals surface area contributed by atoms with Gasteiger partial charge >= 0.3 is 0 Å². The summed E-state index contributed by atoms with van der Waals surface area (Å²) in [6.07, 6.45) is 0. The first-order valence-corrected chi connectivity index (χ1v) is 18.3. The minimum Gasteiger partial charge on any atom is -0.457 e. The Balaban J connectivity index is 0.970. The standard InChI is InChI=1S/C46H32Cl2N4O3/c1-27-41(37-7-3-5-9-39(37)51-43(27)29-11-15-31(47)16-12-29)45(53)49-33-19-23-35(24-20-33)55-36-25-21-34(22-26-36)50-46(54)42-28(2)44(30-13-17-32(48)18-14-30)52-40-10-6-4-8-38(40)42/h3-26H,1-2H3,(H,49,53)(H,50,54). The van der Waals surface area contributed by atoms with Crippen LogP contribution in [0.25, 0.3) is 44.3 Å². The van der Waals surface area contributed by atoms with Crippen LogP contribution in [0.4, 0.5) is 11.4 Å². The van der Waals surface area contributed by atoms with E-state index in [1.807, 2.05) is 111 Å². The number of nitrogens with one attached hydrogen (secondary N) is 2. The van der Waals surface area contributed by atoms with Crippen molar-refractivity contribution in [2.45, 2.75) is 13.8 Å². The van der Waals surface area contributed by atoms with Gasteiger partial charge in [0.1, 0.15) is 11.5 Å². The molecule has 6 aromatic carbocycles. The van der Waals surface area contributed by atoms with Gasteiger partial charge in [0, 0.05) is 43.3 Å². The fourth-order valence-corrected chi connectivity index (χ4v) is 6.97. The first-order valence-electron chi connectivity index (χ1n) is 17.5. The number of anilines is 2. The molecule has 2 aromatic heterocycles. The lowest BCUT2D eigenvalue weighted by Gasteiger charge is -2.15. The summed E-state index contributed by atoms with van der Waals surface area (Å²) in [6.45, 7) is 3.82. The predicted molar refractivity (Wildman–Crippen MR) is 223 cm³/mol. The Morgan fingerprint density at radius 3 is 1.24 bits per heavy atom. The second kappa shape index (κ2) is 15.1. The zero-order valence-electron chi connectivity index (χ0n) is 29.7. The summed E-state index contributed by atoms with van der Waals surface area (Å²) in [5.74, 6) is 0.681. The van der Waals surface area contributed by atoms with Gasteiger partial charge in [-0.15, -0.1) is 0 Å². The molecule has 55 heavy (non-hydrogen) atoms. The molecular weight excluding hydrogens is 727 g/mol. The molecule has 0 spiro atoms. The summed E-state index contributed by atoms with van der Waals surface area (Å²) < 4.78 is 6.11. The third-order valence-corrected chi connectivity index (χ3v) is 9.93. The lowest BCUT2D eigenvalue weighted by molar-refractivity contribution is 0.101. The summed E-state index contributed by atoms with van der Waals surface area (Å²) >= 11 is 12.3. The highest BCUT2D eigenvalue weighted by atomic mass is 35.5. The van der Waals surface area contributed by atoms with Crippen molar-refractivity contribution in [2.24, 2.45) is 0 Å². The van der Waals surface area contributed by atoms with Gasteiger partial charge in [-0.05, 0) is 110 Å².